The van der Waals surface area contributed by atoms with E-state index in [0.717, 1.165) is 49.7 Å². The molecule has 27 heavy (non-hydrogen) atoms. The lowest BCUT2D eigenvalue weighted by molar-refractivity contribution is -0.137. The highest BCUT2D eigenvalue weighted by atomic mass is 32.2. The molecule has 0 saturated carbocycles. The summed E-state index contributed by atoms with van der Waals surface area (Å²) in [6, 6.07) is 4.38. The minimum absolute atomic E-state index is 0.0741. The van der Waals surface area contributed by atoms with Crippen molar-refractivity contribution in [2.75, 3.05) is 56.2 Å². The summed E-state index contributed by atoms with van der Waals surface area (Å²) in [5.41, 5.74) is -0.355. The fourth-order valence-electron chi connectivity index (χ4n) is 3.27. The van der Waals surface area contributed by atoms with E-state index in [0.29, 0.717) is 25.4 Å². The monoisotopic (exact) mass is 403 g/mol. The second-order valence-electron chi connectivity index (χ2n) is 6.69. The van der Waals surface area contributed by atoms with Gasteiger partial charge in [0.25, 0.3) is 0 Å². The molecule has 2 saturated heterocycles. The maximum Gasteiger partial charge on any atom is 0.416 e. The van der Waals surface area contributed by atoms with Gasteiger partial charge in [0.2, 0.25) is 0 Å². The number of morpholine rings is 1. The van der Waals surface area contributed by atoms with Crippen LogP contribution in [0.4, 0.5) is 23.7 Å². The highest BCUT2D eigenvalue weighted by Crippen LogP contribution is 2.30. The van der Waals surface area contributed by atoms with Gasteiger partial charge < -0.3 is 15.0 Å². The van der Waals surface area contributed by atoms with Gasteiger partial charge in [0, 0.05) is 37.6 Å². The SMILES string of the molecule is O=C(Nc1ccc(C(F)(F)F)cc1)N1CCCSC[C@@H]1CN1CCOCC1. The standard InChI is InChI=1S/C18H24F3N3O2S/c19-18(20,21)14-2-4-15(5-3-14)22-17(25)24-6-1-11-27-13-16(24)12-23-7-9-26-10-8-23/h2-5,16H,1,6-13H2,(H,22,25)/t16-/m0/s1. The van der Waals surface area contributed by atoms with Crippen LogP contribution in [0.1, 0.15) is 12.0 Å². The molecule has 3 rings (SSSR count). The Hall–Kier alpha value is -1.45. The van der Waals surface area contributed by atoms with Crippen molar-refractivity contribution in [2.24, 2.45) is 0 Å². The Labute approximate surface area is 161 Å². The van der Waals surface area contributed by atoms with Crippen LogP contribution in [0.3, 0.4) is 0 Å². The van der Waals surface area contributed by atoms with Crippen LogP contribution in [0.25, 0.3) is 0 Å². The number of nitrogens with one attached hydrogen (secondary N) is 1. The van der Waals surface area contributed by atoms with Gasteiger partial charge in [0.1, 0.15) is 0 Å². The van der Waals surface area contributed by atoms with E-state index < -0.39 is 11.7 Å². The maximum absolute atomic E-state index is 12.8. The summed E-state index contributed by atoms with van der Waals surface area (Å²) >= 11 is 1.84. The first-order valence-electron chi connectivity index (χ1n) is 9.06. The number of benzene rings is 1. The fraction of sp³-hybridized carbons (Fsp3) is 0.611. The second-order valence-corrected chi connectivity index (χ2v) is 7.84. The molecule has 150 valence electrons. The number of alkyl halides is 3. The van der Waals surface area contributed by atoms with E-state index in [2.05, 4.69) is 10.2 Å². The number of thioether (sulfide) groups is 1. The van der Waals surface area contributed by atoms with Crippen molar-refractivity contribution < 1.29 is 22.7 Å². The van der Waals surface area contributed by atoms with Crippen molar-refractivity contribution in [1.29, 1.82) is 0 Å². The Bertz CT molecular complexity index is 621. The number of ether oxygens (including phenoxy) is 1. The number of hydrogen-bond donors (Lipinski definition) is 1. The number of carbonyl (C=O) groups excluding carboxylic acids is 1. The first-order chi connectivity index (χ1) is 12.9. The van der Waals surface area contributed by atoms with Crippen LogP contribution < -0.4 is 5.32 Å². The van der Waals surface area contributed by atoms with Crippen LogP contribution in [0.5, 0.6) is 0 Å². The van der Waals surface area contributed by atoms with E-state index in [9.17, 15) is 18.0 Å². The summed E-state index contributed by atoms with van der Waals surface area (Å²) in [6.07, 6.45) is -3.47. The molecular formula is C18H24F3N3O2S. The Morgan fingerprint density at radius 2 is 1.89 bits per heavy atom. The van der Waals surface area contributed by atoms with Crippen LogP contribution >= 0.6 is 11.8 Å². The molecule has 2 heterocycles. The average molecular weight is 403 g/mol. The molecule has 1 N–H and O–H groups in total. The second kappa shape index (κ2) is 9.16. The molecule has 1 atom stereocenters. The van der Waals surface area contributed by atoms with Crippen LogP contribution in [0.15, 0.2) is 24.3 Å². The number of nitrogens with zero attached hydrogens (tertiary/aromatic N) is 2. The minimum Gasteiger partial charge on any atom is -0.379 e. The van der Waals surface area contributed by atoms with Gasteiger partial charge in [-0.1, -0.05) is 0 Å². The molecule has 2 amide bonds. The Morgan fingerprint density at radius 1 is 1.19 bits per heavy atom. The van der Waals surface area contributed by atoms with Crippen molar-refractivity contribution in [1.82, 2.24) is 9.80 Å². The number of carbonyl (C=O) groups is 1. The molecule has 0 radical (unpaired) electrons. The average Bonchev–Trinajstić information content (AvgIpc) is 2.88. The molecule has 2 aliphatic heterocycles. The molecular weight excluding hydrogens is 379 g/mol. The van der Waals surface area contributed by atoms with Gasteiger partial charge in [-0.15, -0.1) is 0 Å². The molecule has 1 aromatic rings. The lowest BCUT2D eigenvalue weighted by atomic mass is 10.2. The highest BCUT2D eigenvalue weighted by Gasteiger charge is 2.31. The molecule has 0 aromatic heterocycles. The lowest BCUT2D eigenvalue weighted by Gasteiger charge is -2.35. The topological polar surface area (TPSA) is 44.8 Å². The number of urea groups is 1. The number of amides is 2. The van der Waals surface area contributed by atoms with Crippen LogP contribution in [0, 0.1) is 0 Å². The molecule has 1 aromatic carbocycles. The smallest absolute Gasteiger partial charge is 0.379 e. The number of hydrogen-bond acceptors (Lipinski definition) is 4. The summed E-state index contributed by atoms with van der Waals surface area (Å²) in [4.78, 5) is 16.9. The number of rotatable bonds is 3. The normalized spacial score (nSPS) is 22.3. The summed E-state index contributed by atoms with van der Waals surface area (Å²) < 4.78 is 43.4. The van der Waals surface area contributed by atoms with Gasteiger partial charge >= 0.3 is 12.2 Å². The predicted molar refractivity (Wildman–Crippen MR) is 100 cm³/mol. The predicted octanol–water partition coefficient (Wildman–Crippen LogP) is 3.38. The van der Waals surface area contributed by atoms with Crippen LogP contribution in [-0.2, 0) is 10.9 Å². The summed E-state index contributed by atoms with van der Waals surface area (Å²) in [5, 5.41) is 2.75. The van der Waals surface area contributed by atoms with Crippen molar-refractivity contribution in [3.63, 3.8) is 0 Å². The highest BCUT2D eigenvalue weighted by molar-refractivity contribution is 7.99. The van der Waals surface area contributed by atoms with Gasteiger partial charge in [-0.25, -0.2) is 4.79 Å². The first-order valence-corrected chi connectivity index (χ1v) is 10.2. The zero-order valence-electron chi connectivity index (χ0n) is 15.0. The molecule has 0 spiro atoms. The third-order valence-electron chi connectivity index (χ3n) is 4.74. The van der Waals surface area contributed by atoms with Gasteiger partial charge in [0.05, 0.1) is 24.8 Å². The van der Waals surface area contributed by atoms with Crippen LogP contribution in [0.2, 0.25) is 0 Å². The van der Waals surface area contributed by atoms with Crippen LogP contribution in [-0.4, -0.2) is 72.8 Å². The molecule has 0 aliphatic carbocycles. The molecule has 0 bridgehead atoms. The number of anilines is 1. The van der Waals surface area contributed by atoms with Crippen molar-refractivity contribution in [3.8, 4) is 0 Å². The quantitative estimate of drug-likeness (QED) is 0.841. The van der Waals surface area contributed by atoms with Gasteiger partial charge in [-0.3, -0.25) is 4.90 Å². The first kappa shape index (κ1) is 20.3. The fourth-order valence-corrected chi connectivity index (χ4v) is 4.32. The Balaban J connectivity index is 1.64. The molecule has 2 fully saturated rings. The molecule has 5 nitrogen and oxygen atoms in total. The van der Waals surface area contributed by atoms with E-state index in [-0.39, 0.29) is 12.1 Å². The maximum atomic E-state index is 12.8. The Kier molecular flexibility index (Phi) is 6.88. The summed E-state index contributed by atoms with van der Waals surface area (Å²) in [7, 11) is 0. The lowest BCUT2D eigenvalue weighted by Crippen LogP contribution is -2.51. The van der Waals surface area contributed by atoms with E-state index in [1.807, 2.05) is 16.7 Å². The molecule has 2 aliphatic rings. The van der Waals surface area contributed by atoms with Gasteiger partial charge in [-0.2, -0.15) is 24.9 Å². The molecule has 9 heteroatoms. The van der Waals surface area contributed by atoms with Crippen molar-refractivity contribution in [2.45, 2.75) is 18.6 Å². The Morgan fingerprint density at radius 3 is 2.56 bits per heavy atom. The van der Waals surface area contributed by atoms with E-state index in [1.165, 1.54) is 12.1 Å². The van der Waals surface area contributed by atoms with Gasteiger partial charge in [-0.05, 0) is 36.4 Å². The third kappa shape index (κ3) is 5.76. The zero-order chi connectivity index (χ0) is 19.3. The minimum atomic E-state index is -4.38. The van der Waals surface area contributed by atoms with E-state index >= 15 is 0 Å². The van der Waals surface area contributed by atoms with Gasteiger partial charge in [0.15, 0.2) is 0 Å². The third-order valence-corrected chi connectivity index (χ3v) is 5.93. The summed E-state index contributed by atoms with van der Waals surface area (Å²) in [6.45, 7) is 4.56. The zero-order valence-corrected chi connectivity index (χ0v) is 15.8. The molecule has 0 unspecified atom stereocenters. The van der Waals surface area contributed by atoms with Crippen molar-refractivity contribution >= 4 is 23.5 Å². The van der Waals surface area contributed by atoms with Crippen molar-refractivity contribution in [3.05, 3.63) is 29.8 Å². The van der Waals surface area contributed by atoms with E-state index in [4.69, 9.17) is 4.74 Å². The largest absolute Gasteiger partial charge is 0.416 e. The summed E-state index contributed by atoms with van der Waals surface area (Å²) in [5.74, 6) is 1.86. The van der Waals surface area contributed by atoms with E-state index in [1.54, 1.807) is 0 Å². The number of halogens is 3.